The van der Waals surface area contributed by atoms with Crippen molar-refractivity contribution in [2.75, 3.05) is 78.0 Å². The minimum atomic E-state index is -1.36. The molecule has 12 N–H and O–H groups in total. The summed E-state index contributed by atoms with van der Waals surface area (Å²) in [6.45, 7) is 24.4. The van der Waals surface area contributed by atoms with Crippen molar-refractivity contribution in [3.05, 3.63) is 88.3 Å². The summed E-state index contributed by atoms with van der Waals surface area (Å²) >= 11 is 0. The topological polar surface area (TPSA) is 453 Å². The number of unbranched alkanes of at least 4 members (excludes halogenated alkanes) is 1. The van der Waals surface area contributed by atoms with Crippen molar-refractivity contribution in [1.82, 2.24) is 78.1 Å². The van der Waals surface area contributed by atoms with Gasteiger partial charge in [0.1, 0.15) is 89.6 Å². The van der Waals surface area contributed by atoms with Gasteiger partial charge < -0.3 is 79.7 Å². The van der Waals surface area contributed by atoms with Crippen molar-refractivity contribution in [3.63, 3.8) is 0 Å². The molecule has 106 heavy (non-hydrogen) atoms. The standard InChI is InChI=1S/C19H31N4O4P.C18H29N4O4P.C17H27N4O4P.C15H22FN4O4P/c1-6-7-8-13-22-14-17(20-11(2)21-18(14)26)23(13)19-16(25)15(24)12(27-19)9-10-28(3,4)5;1-6-7-12-21-13-16(19-10(2)20-17(13)25)22(12)18-15(24)14(23)11(26-18)8-9-27(3,4)5;1-6-11-20-12-15(18-9(2)19-16(12)24)21(11)17-14(23)13(22)10(25-17)7-8-26(3,4)5;1-7-17-12-9(13(23)18-7)19-15(16)20(12)14-11(22)10(21)8(24-14)5-6-25(2,3)4/h12,15-16,19,24-25H,3,6-10H2,1-2,4-5H3,(H,20,21,26);11,14-15,18,23-24H,3,6-9H2,1-2,4-5H3,(H,19,20,25);10,13-14,17,22-23H,3,6-8H2,1-2,4-5H3,(H,18,19,24);8,10-11,14,21-22H,2,5-6H2,1,3-4H3,(H,17,18,23)/t12-,15-,16-,19?;11-,14-,15-,18?;10-,13-,14-,17?;8-,10-,11-,14?/m1111/s1. The SMILES string of the molecule is C=P(C)(C)CC[C@H]1OC(n2c(CC)nc3c(=O)[nH]c(C)nc32)[C@H](O)[C@@H]1O.C=P(C)(C)CC[C@H]1OC(n2c(CCC)nc3c(=O)[nH]c(C)nc32)[C@H](O)[C@@H]1O.C=P(C)(C)CC[C@H]1OC(n2c(CCCC)nc3c(=O)[nH]c(C)nc32)[C@H](O)[C@@H]1O.C=P(C)(C)CC[C@H]1OC(n2c(F)nc3c(=O)[nH]c(C)nc32)[C@H](O)[C@@H]1O. The van der Waals surface area contributed by atoms with Crippen LogP contribution in [-0.2, 0) is 38.2 Å². The Labute approximate surface area is 614 Å². The maximum absolute atomic E-state index is 14.4. The lowest BCUT2D eigenvalue weighted by atomic mass is 10.1. The summed E-state index contributed by atoms with van der Waals surface area (Å²) in [6, 6.07) is 0. The van der Waals surface area contributed by atoms with Crippen LogP contribution in [-0.4, -0.2) is 295 Å². The molecule has 0 radical (unpaired) electrons. The van der Waals surface area contributed by atoms with Gasteiger partial charge in [-0.15, -0.1) is 52.7 Å². The highest BCUT2D eigenvalue weighted by atomic mass is 31.2. The molecule has 4 unspecified atom stereocenters. The Morgan fingerprint density at radius 3 is 0.906 bits per heavy atom. The fraction of sp³-hybridized carbons (Fsp3) is 0.652. The number of aliphatic hydroxyl groups is 8. The van der Waals surface area contributed by atoms with Crippen LogP contribution < -0.4 is 22.2 Å². The van der Waals surface area contributed by atoms with Crippen LogP contribution in [0, 0.1) is 33.8 Å². The number of fused-ring (bicyclic) bond motifs is 4. The molecule has 16 atom stereocenters. The van der Waals surface area contributed by atoms with Gasteiger partial charge in [-0.2, -0.15) is 9.37 Å². The number of aromatic nitrogens is 16. The first kappa shape index (κ1) is 84.1. The van der Waals surface area contributed by atoms with E-state index in [4.69, 9.17) is 18.9 Å². The van der Waals surface area contributed by atoms with Crippen LogP contribution in [0.2, 0.25) is 0 Å². The number of halogens is 1. The Bertz CT molecular complexity index is 4910. The second kappa shape index (κ2) is 33.7. The largest absolute Gasteiger partial charge is 0.388 e. The molecule has 0 saturated carbocycles. The van der Waals surface area contributed by atoms with E-state index in [0.717, 1.165) is 48.5 Å². The molecular formula is C69H109FN16O16P4. The van der Waals surface area contributed by atoms with E-state index in [2.05, 4.69) is 145 Å². The maximum Gasteiger partial charge on any atom is 0.293 e. The number of aryl methyl sites for hydroxylation is 7. The quantitative estimate of drug-likeness (QED) is 0.0341. The fourth-order valence-electron chi connectivity index (χ4n) is 13.3. The summed E-state index contributed by atoms with van der Waals surface area (Å²) in [7, 11) is 0. The van der Waals surface area contributed by atoms with E-state index < -0.39 is 137 Å². The van der Waals surface area contributed by atoms with E-state index in [1.165, 1.54) is 0 Å². The lowest BCUT2D eigenvalue weighted by molar-refractivity contribution is -0.0413. The van der Waals surface area contributed by atoms with Crippen LogP contribution in [0.25, 0.3) is 44.7 Å². The van der Waals surface area contributed by atoms with Crippen molar-refractivity contribution in [2.24, 2.45) is 0 Å². The van der Waals surface area contributed by atoms with Crippen LogP contribution >= 0.6 is 27.5 Å². The highest BCUT2D eigenvalue weighted by Crippen LogP contribution is 2.45. The Kier molecular flexibility index (Phi) is 26.7. The van der Waals surface area contributed by atoms with E-state index in [0.29, 0.717) is 96.8 Å². The van der Waals surface area contributed by atoms with Crippen molar-refractivity contribution >= 4 is 97.4 Å². The summed E-state index contributed by atoms with van der Waals surface area (Å²) in [6.07, 6.45) is 11.2. The fourth-order valence-corrected chi connectivity index (χ4v) is 17.1. The van der Waals surface area contributed by atoms with Gasteiger partial charge in [-0.1, -0.05) is 27.2 Å². The number of hydrogen-bond acceptors (Lipinski definition) is 24. The third kappa shape index (κ3) is 19.2. The first-order valence-electron chi connectivity index (χ1n) is 35.8. The van der Waals surface area contributed by atoms with Crippen LogP contribution in [0.4, 0.5) is 4.39 Å². The van der Waals surface area contributed by atoms with Gasteiger partial charge in [0.2, 0.25) is 0 Å². The molecule has 0 aromatic carbocycles. The van der Waals surface area contributed by atoms with Gasteiger partial charge in [-0.25, -0.2) is 34.9 Å². The number of H-pyrrole nitrogens is 4. The first-order valence-corrected chi connectivity index (χ1v) is 48.0. The van der Waals surface area contributed by atoms with Gasteiger partial charge in [-0.05, 0) is 144 Å². The summed E-state index contributed by atoms with van der Waals surface area (Å²) in [4.78, 5) is 93.4. The number of nitrogens with one attached hydrogen (secondary N) is 4. The third-order valence-electron chi connectivity index (χ3n) is 18.8. The predicted molar refractivity (Wildman–Crippen MR) is 419 cm³/mol. The van der Waals surface area contributed by atoms with Gasteiger partial charge in [0, 0.05) is 19.3 Å². The Hall–Kier alpha value is -5.95. The maximum atomic E-state index is 14.4. The van der Waals surface area contributed by atoms with Crippen LogP contribution in [0.5, 0.6) is 0 Å². The number of rotatable bonds is 22. The Morgan fingerprint density at radius 2 is 0.632 bits per heavy atom. The summed E-state index contributed by atoms with van der Waals surface area (Å²) in [5.74, 6) is 3.52. The zero-order chi connectivity index (χ0) is 78.3. The molecule has 4 saturated heterocycles. The predicted octanol–water partition coefficient (Wildman–Crippen LogP) is 3.58. The van der Waals surface area contributed by atoms with E-state index in [1.807, 2.05) is 13.8 Å². The number of hydrogen-bond donors (Lipinski definition) is 12. The molecule has 12 rings (SSSR count). The molecule has 8 aromatic rings. The molecule has 0 amide bonds. The van der Waals surface area contributed by atoms with Crippen LogP contribution in [0.15, 0.2) is 19.2 Å². The highest BCUT2D eigenvalue weighted by Gasteiger charge is 2.49. The van der Waals surface area contributed by atoms with Gasteiger partial charge in [0.15, 0.2) is 69.6 Å². The number of imidazole rings is 4. The molecule has 12 heterocycles. The van der Waals surface area contributed by atoms with E-state index in [9.17, 15) is 64.4 Å². The number of ether oxygens (including phenoxy) is 4. The zero-order valence-electron chi connectivity index (χ0n) is 63.3. The van der Waals surface area contributed by atoms with Gasteiger partial charge in [-0.3, -0.25) is 37.4 Å². The molecule has 4 aliphatic rings. The smallest absolute Gasteiger partial charge is 0.293 e. The summed E-state index contributed by atoms with van der Waals surface area (Å²) < 4.78 is 44.2. The summed E-state index contributed by atoms with van der Waals surface area (Å²) in [5.41, 5.74) is 0.0588. The number of aromatic amines is 4. The van der Waals surface area contributed by atoms with Gasteiger partial charge >= 0.3 is 0 Å². The molecule has 8 aromatic heterocycles. The van der Waals surface area contributed by atoms with E-state index in [1.54, 1.807) is 41.4 Å². The minimum Gasteiger partial charge on any atom is -0.388 e. The van der Waals surface area contributed by atoms with Gasteiger partial charge in [0.25, 0.3) is 28.3 Å². The molecule has 4 aliphatic heterocycles. The second-order valence-electron chi connectivity index (χ2n) is 30.9. The summed E-state index contributed by atoms with van der Waals surface area (Å²) in [5, 5.41) is 84.2. The van der Waals surface area contributed by atoms with Crippen LogP contribution in [0.1, 0.15) is 131 Å². The molecule has 0 aliphatic carbocycles. The minimum absolute atomic E-state index is 0.0272. The monoisotopic (exact) mass is 1560 g/mol. The lowest BCUT2D eigenvalue weighted by Gasteiger charge is -2.20. The van der Waals surface area contributed by atoms with E-state index >= 15 is 0 Å². The highest BCUT2D eigenvalue weighted by molar-refractivity contribution is 7.73. The average Bonchev–Trinajstić information content (AvgIpc) is 1.60. The second-order valence-corrected chi connectivity index (χ2v) is 48.2. The molecule has 0 spiro atoms. The molecule has 0 bridgehead atoms. The zero-order valence-corrected chi connectivity index (χ0v) is 66.9. The molecule has 4 fully saturated rings. The normalized spacial score (nSPS) is 26.4. The van der Waals surface area contributed by atoms with Crippen molar-refractivity contribution in [3.8, 4) is 0 Å². The number of nitrogens with zero attached hydrogens (tertiary/aromatic N) is 12. The molecule has 32 nitrogen and oxygen atoms in total. The van der Waals surface area contributed by atoms with Crippen molar-refractivity contribution < 1.29 is 64.2 Å². The van der Waals surface area contributed by atoms with Crippen LogP contribution in [0.3, 0.4) is 0 Å². The van der Waals surface area contributed by atoms with Gasteiger partial charge in [0.05, 0.1) is 24.4 Å². The lowest BCUT2D eigenvalue weighted by Crippen LogP contribution is -2.32. The Balaban J connectivity index is 0.000000164. The number of aliphatic hydroxyl groups excluding tert-OH is 8. The average molecular weight is 1560 g/mol. The third-order valence-corrected chi connectivity index (χ3v) is 24.7. The van der Waals surface area contributed by atoms with Crippen molar-refractivity contribution in [1.29, 1.82) is 0 Å². The van der Waals surface area contributed by atoms with Crippen molar-refractivity contribution in [2.45, 2.75) is 211 Å². The molecule has 588 valence electrons. The van der Waals surface area contributed by atoms with E-state index in [-0.39, 0.29) is 50.2 Å². The molecule has 37 heteroatoms. The first-order chi connectivity index (χ1) is 49.4. The Morgan fingerprint density at radius 1 is 0.377 bits per heavy atom. The molecular weight excluding hydrogens is 1450 g/mol.